The maximum absolute atomic E-state index is 4.43. The second kappa shape index (κ2) is 4.26. The van der Waals surface area contributed by atoms with Crippen molar-refractivity contribution >= 4 is 26.8 Å². The lowest BCUT2D eigenvalue weighted by Crippen LogP contribution is -1.86. The summed E-state index contributed by atoms with van der Waals surface area (Å²) in [5, 5.41) is 1.13. The number of para-hydroxylation sites is 1. The van der Waals surface area contributed by atoms with Crippen LogP contribution in [0.15, 0.2) is 59.3 Å². The lowest BCUT2D eigenvalue weighted by molar-refractivity contribution is 1.30. The van der Waals surface area contributed by atoms with Gasteiger partial charge in [0.05, 0.1) is 11.2 Å². The highest BCUT2D eigenvalue weighted by molar-refractivity contribution is 9.10. The average Bonchev–Trinajstić information content (AvgIpc) is 2.39. The molecule has 2 heterocycles. The van der Waals surface area contributed by atoms with Crippen molar-refractivity contribution < 1.29 is 0 Å². The predicted octanol–water partition coefficient (Wildman–Crippen LogP) is 4.06. The fraction of sp³-hybridized carbons (Fsp3) is 0. The van der Waals surface area contributed by atoms with Crippen molar-refractivity contribution in [3.8, 4) is 11.3 Å². The van der Waals surface area contributed by atoms with E-state index < -0.39 is 0 Å². The summed E-state index contributed by atoms with van der Waals surface area (Å²) in [6.45, 7) is 0. The van der Waals surface area contributed by atoms with Crippen molar-refractivity contribution in [1.29, 1.82) is 0 Å². The van der Waals surface area contributed by atoms with Gasteiger partial charge in [0.1, 0.15) is 0 Å². The highest BCUT2D eigenvalue weighted by Crippen LogP contribution is 2.25. The van der Waals surface area contributed by atoms with Crippen LogP contribution in [0.1, 0.15) is 0 Å². The summed E-state index contributed by atoms with van der Waals surface area (Å²) in [5.74, 6) is 0. The second-order valence-electron chi connectivity index (χ2n) is 3.74. The zero-order valence-electron chi connectivity index (χ0n) is 8.97. The number of fused-ring (bicyclic) bond motifs is 1. The van der Waals surface area contributed by atoms with Crippen molar-refractivity contribution in [3.05, 3.63) is 59.3 Å². The van der Waals surface area contributed by atoms with Crippen LogP contribution in [0.3, 0.4) is 0 Å². The first kappa shape index (κ1) is 10.4. The zero-order chi connectivity index (χ0) is 11.7. The maximum atomic E-state index is 4.43. The highest BCUT2D eigenvalue weighted by atomic mass is 79.9. The molecule has 3 aromatic rings. The van der Waals surface area contributed by atoms with Crippen molar-refractivity contribution in [2.45, 2.75) is 0 Å². The number of hydrogen-bond acceptors (Lipinski definition) is 2. The fourth-order valence-corrected chi connectivity index (χ4v) is 2.08. The molecule has 0 bridgehead atoms. The van der Waals surface area contributed by atoms with E-state index in [1.54, 1.807) is 6.20 Å². The standard InChI is InChI=1S/C14H9BrN2/c15-11-6-7-13(17-9-11)12-5-1-3-10-4-2-8-16-14(10)12/h1-9H. The molecule has 0 fully saturated rings. The molecule has 0 aliphatic rings. The number of hydrogen-bond donors (Lipinski definition) is 0. The van der Waals surface area contributed by atoms with Crippen LogP contribution >= 0.6 is 15.9 Å². The van der Waals surface area contributed by atoms with E-state index in [-0.39, 0.29) is 0 Å². The van der Waals surface area contributed by atoms with E-state index in [1.807, 2.05) is 36.5 Å². The van der Waals surface area contributed by atoms with Crippen molar-refractivity contribution in [2.24, 2.45) is 0 Å². The van der Waals surface area contributed by atoms with Crippen LogP contribution in [0.4, 0.5) is 0 Å². The van der Waals surface area contributed by atoms with Crippen LogP contribution in [-0.4, -0.2) is 9.97 Å². The molecule has 2 aromatic heterocycles. The molecule has 0 amide bonds. The number of pyridine rings is 2. The Morgan fingerprint density at radius 1 is 0.882 bits per heavy atom. The van der Waals surface area contributed by atoms with Crippen LogP contribution < -0.4 is 0 Å². The first-order valence-corrected chi connectivity index (χ1v) is 6.09. The SMILES string of the molecule is Brc1ccc(-c2cccc3cccnc23)nc1. The van der Waals surface area contributed by atoms with Crippen molar-refractivity contribution in [2.75, 3.05) is 0 Å². The van der Waals surface area contributed by atoms with Crippen molar-refractivity contribution in [1.82, 2.24) is 9.97 Å². The van der Waals surface area contributed by atoms with E-state index in [1.165, 1.54) is 0 Å². The topological polar surface area (TPSA) is 25.8 Å². The van der Waals surface area contributed by atoms with Crippen LogP contribution in [0.2, 0.25) is 0 Å². The first-order chi connectivity index (χ1) is 8.34. The van der Waals surface area contributed by atoms with Gasteiger partial charge in [-0.1, -0.05) is 24.3 Å². The van der Waals surface area contributed by atoms with E-state index in [0.717, 1.165) is 26.6 Å². The van der Waals surface area contributed by atoms with Gasteiger partial charge in [-0.15, -0.1) is 0 Å². The molecule has 0 aliphatic heterocycles. The van der Waals surface area contributed by atoms with E-state index in [9.17, 15) is 0 Å². The summed E-state index contributed by atoms with van der Waals surface area (Å²) in [7, 11) is 0. The van der Waals surface area contributed by atoms with Crippen molar-refractivity contribution in [3.63, 3.8) is 0 Å². The quantitative estimate of drug-likeness (QED) is 0.673. The third-order valence-electron chi connectivity index (χ3n) is 2.64. The summed E-state index contributed by atoms with van der Waals surface area (Å²) < 4.78 is 0.981. The number of benzene rings is 1. The zero-order valence-corrected chi connectivity index (χ0v) is 10.6. The van der Waals surface area contributed by atoms with E-state index in [2.05, 4.69) is 38.0 Å². The molecular weight excluding hydrogens is 276 g/mol. The largest absolute Gasteiger partial charge is 0.256 e. The molecule has 0 saturated carbocycles. The monoisotopic (exact) mass is 284 g/mol. The molecule has 0 N–H and O–H groups in total. The number of nitrogens with zero attached hydrogens (tertiary/aromatic N) is 2. The number of aromatic nitrogens is 2. The second-order valence-corrected chi connectivity index (χ2v) is 4.66. The van der Waals surface area contributed by atoms with Crippen LogP contribution in [0, 0.1) is 0 Å². The predicted molar refractivity (Wildman–Crippen MR) is 72.7 cm³/mol. The Hall–Kier alpha value is -1.74. The Labute approximate surface area is 107 Å². The van der Waals surface area contributed by atoms with Gasteiger partial charge in [0.15, 0.2) is 0 Å². The molecule has 3 heteroatoms. The van der Waals surface area contributed by atoms with Gasteiger partial charge >= 0.3 is 0 Å². The van der Waals surface area contributed by atoms with Gasteiger partial charge in [-0.25, -0.2) is 0 Å². The summed E-state index contributed by atoms with van der Waals surface area (Å²) >= 11 is 3.39. The highest BCUT2D eigenvalue weighted by Gasteiger charge is 2.05. The molecule has 82 valence electrons. The normalized spacial score (nSPS) is 10.6. The van der Waals surface area contributed by atoms with Gasteiger partial charge in [-0.05, 0) is 34.1 Å². The fourth-order valence-electron chi connectivity index (χ4n) is 1.85. The van der Waals surface area contributed by atoms with E-state index in [4.69, 9.17) is 0 Å². The van der Waals surface area contributed by atoms with Crippen LogP contribution in [-0.2, 0) is 0 Å². The number of rotatable bonds is 1. The summed E-state index contributed by atoms with van der Waals surface area (Å²) in [6, 6.07) is 14.1. The molecular formula is C14H9BrN2. The average molecular weight is 285 g/mol. The summed E-state index contributed by atoms with van der Waals surface area (Å²) in [6.07, 6.45) is 3.61. The van der Waals surface area contributed by atoms with Gasteiger partial charge < -0.3 is 0 Å². The Morgan fingerprint density at radius 3 is 2.59 bits per heavy atom. The summed E-state index contributed by atoms with van der Waals surface area (Å²) in [4.78, 5) is 8.84. The molecule has 0 unspecified atom stereocenters. The molecule has 17 heavy (non-hydrogen) atoms. The van der Waals surface area contributed by atoms with E-state index in [0.29, 0.717) is 0 Å². The molecule has 0 spiro atoms. The minimum Gasteiger partial charge on any atom is -0.256 e. The smallest absolute Gasteiger partial charge is 0.0795 e. The molecule has 1 aromatic carbocycles. The minimum absolute atomic E-state index is 0.942. The third-order valence-corrected chi connectivity index (χ3v) is 3.11. The van der Waals surface area contributed by atoms with Gasteiger partial charge in [0.2, 0.25) is 0 Å². The Bertz CT molecular complexity index is 657. The molecule has 0 atom stereocenters. The maximum Gasteiger partial charge on any atom is 0.0795 e. The Morgan fingerprint density at radius 2 is 1.76 bits per heavy atom. The molecule has 2 nitrogen and oxygen atoms in total. The van der Waals surface area contributed by atoms with Gasteiger partial charge in [-0.2, -0.15) is 0 Å². The minimum atomic E-state index is 0.942. The third kappa shape index (κ3) is 1.94. The molecule has 0 radical (unpaired) electrons. The Kier molecular flexibility index (Phi) is 2.61. The molecule has 0 aliphatic carbocycles. The molecule has 0 saturated heterocycles. The molecule has 3 rings (SSSR count). The Balaban J connectivity index is 2.27. The van der Waals surface area contributed by atoms with Gasteiger partial charge in [0.25, 0.3) is 0 Å². The lowest BCUT2D eigenvalue weighted by atomic mass is 10.1. The number of halogens is 1. The summed E-state index contributed by atoms with van der Waals surface area (Å²) in [5.41, 5.74) is 3.00. The van der Waals surface area contributed by atoms with Gasteiger partial charge in [-0.3, -0.25) is 9.97 Å². The van der Waals surface area contributed by atoms with Gasteiger partial charge in [0, 0.05) is 27.8 Å². The van der Waals surface area contributed by atoms with Crippen LogP contribution in [0.25, 0.3) is 22.2 Å². The van der Waals surface area contributed by atoms with E-state index >= 15 is 0 Å². The van der Waals surface area contributed by atoms with Crippen LogP contribution in [0.5, 0.6) is 0 Å². The lowest BCUT2D eigenvalue weighted by Gasteiger charge is -2.04. The first-order valence-electron chi connectivity index (χ1n) is 5.30.